The van der Waals surface area contributed by atoms with Crippen molar-refractivity contribution in [3.63, 3.8) is 0 Å². The van der Waals surface area contributed by atoms with E-state index in [0.29, 0.717) is 17.9 Å². The highest BCUT2D eigenvalue weighted by Gasteiger charge is 2.24. The number of hydrogen-bond acceptors (Lipinski definition) is 3. The molecule has 0 spiro atoms. The van der Waals surface area contributed by atoms with Crippen molar-refractivity contribution in [1.29, 1.82) is 0 Å². The molecule has 0 radical (unpaired) electrons. The Morgan fingerprint density at radius 2 is 2.05 bits per heavy atom. The van der Waals surface area contributed by atoms with Crippen LogP contribution in [0, 0.1) is 0 Å². The minimum atomic E-state index is -2.86. The number of ether oxygens (including phenoxy) is 2. The van der Waals surface area contributed by atoms with E-state index in [0.717, 1.165) is 10.2 Å². The first-order chi connectivity index (χ1) is 10.1. The molecular formula is C15H12BrF2NO2. The Kier molecular flexibility index (Phi) is 3.96. The summed E-state index contributed by atoms with van der Waals surface area (Å²) in [5, 5.41) is 3.23. The smallest absolute Gasteiger partial charge is 0.387 e. The molecule has 2 aromatic rings. The molecule has 1 heterocycles. The van der Waals surface area contributed by atoms with Gasteiger partial charge in [-0.15, -0.1) is 0 Å². The summed E-state index contributed by atoms with van der Waals surface area (Å²) in [4.78, 5) is 0. The van der Waals surface area contributed by atoms with Gasteiger partial charge in [0.15, 0.2) is 0 Å². The first-order valence-corrected chi connectivity index (χ1v) is 7.16. The largest absolute Gasteiger partial charge is 0.482 e. The Morgan fingerprint density at radius 1 is 1.24 bits per heavy atom. The second-order valence-electron chi connectivity index (χ2n) is 4.54. The number of alkyl halides is 2. The lowest BCUT2D eigenvalue weighted by atomic mass is 10.1. The molecule has 0 bridgehead atoms. The summed E-state index contributed by atoms with van der Waals surface area (Å²) in [6, 6.07) is 12.3. The molecule has 0 aromatic heterocycles. The van der Waals surface area contributed by atoms with E-state index in [1.165, 1.54) is 6.07 Å². The number of halogens is 3. The summed E-state index contributed by atoms with van der Waals surface area (Å²) in [6.07, 6.45) is -0.381. The number of rotatable bonds is 3. The zero-order valence-electron chi connectivity index (χ0n) is 10.9. The van der Waals surface area contributed by atoms with E-state index >= 15 is 0 Å². The second-order valence-corrected chi connectivity index (χ2v) is 5.46. The fourth-order valence-corrected chi connectivity index (χ4v) is 2.63. The van der Waals surface area contributed by atoms with Crippen molar-refractivity contribution in [1.82, 2.24) is 0 Å². The predicted octanol–water partition coefficient (Wildman–Crippen LogP) is 4.60. The average molecular weight is 356 g/mol. The molecule has 0 fully saturated rings. The van der Waals surface area contributed by atoms with Gasteiger partial charge in [-0.2, -0.15) is 8.78 Å². The second kappa shape index (κ2) is 5.89. The third-order valence-corrected chi connectivity index (χ3v) is 3.66. The molecule has 21 heavy (non-hydrogen) atoms. The van der Waals surface area contributed by atoms with Gasteiger partial charge in [-0.25, -0.2) is 0 Å². The standard InChI is InChI=1S/C15H12BrF2NO2/c16-9-5-6-13-11(7-9)19-8-14(20-13)10-3-1-2-4-12(10)21-15(17)18/h1-7,14-15,19H,8H2. The first-order valence-electron chi connectivity index (χ1n) is 6.37. The topological polar surface area (TPSA) is 30.5 Å². The molecule has 110 valence electrons. The molecule has 1 unspecified atom stereocenters. The summed E-state index contributed by atoms with van der Waals surface area (Å²) in [5.74, 6) is 0.821. The van der Waals surface area contributed by atoms with E-state index in [1.807, 2.05) is 18.2 Å². The number of benzene rings is 2. The van der Waals surface area contributed by atoms with Crippen LogP contribution in [0.2, 0.25) is 0 Å². The maximum absolute atomic E-state index is 12.5. The van der Waals surface area contributed by atoms with Gasteiger partial charge >= 0.3 is 6.61 Å². The van der Waals surface area contributed by atoms with Crippen LogP contribution < -0.4 is 14.8 Å². The lowest BCUT2D eigenvalue weighted by Gasteiger charge is -2.28. The van der Waals surface area contributed by atoms with Crippen LogP contribution >= 0.6 is 15.9 Å². The zero-order valence-corrected chi connectivity index (χ0v) is 12.4. The van der Waals surface area contributed by atoms with E-state index in [9.17, 15) is 8.78 Å². The van der Waals surface area contributed by atoms with Crippen molar-refractivity contribution in [2.24, 2.45) is 0 Å². The molecule has 6 heteroatoms. The number of para-hydroxylation sites is 1. The average Bonchev–Trinajstić information content (AvgIpc) is 2.47. The Balaban J connectivity index is 1.88. The Hall–Kier alpha value is -1.82. The highest BCUT2D eigenvalue weighted by Crippen LogP contribution is 2.38. The minimum absolute atomic E-state index is 0.139. The fourth-order valence-electron chi connectivity index (χ4n) is 2.26. The van der Waals surface area contributed by atoms with Crippen molar-refractivity contribution in [3.05, 3.63) is 52.5 Å². The molecule has 1 atom stereocenters. The third-order valence-electron chi connectivity index (χ3n) is 3.17. The van der Waals surface area contributed by atoms with Crippen molar-refractivity contribution in [2.75, 3.05) is 11.9 Å². The van der Waals surface area contributed by atoms with Crippen LogP contribution in [0.3, 0.4) is 0 Å². The highest BCUT2D eigenvalue weighted by molar-refractivity contribution is 9.10. The Labute approximate surface area is 129 Å². The van der Waals surface area contributed by atoms with Gasteiger partial charge in [-0.05, 0) is 24.3 Å². The SMILES string of the molecule is FC(F)Oc1ccccc1C1CNc2cc(Br)ccc2O1. The van der Waals surface area contributed by atoms with Crippen molar-refractivity contribution in [2.45, 2.75) is 12.7 Å². The lowest BCUT2D eigenvalue weighted by Crippen LogP contribution is -2.24. The van der Waals surface area contributed by atoms with Gasteiger partial charge < -0.3 is 14.8 Å². The molecule has 0 saturated carbocycles. The van der Waals surface area contributed by atoms with E-state index in [1.54, 1.807) is 18.2 Å². The molecule has 1 aliphatic rings. The van der Waals surface area contributed by atoms with E-state index in [4.69, 9.17) is 4.74 Å². The number of anilines is 1. The molecule has 3 rings (SSSR count). The molecule has 1 aliphatic heterocycles. The molecule has 2 aromatic carbocycles. The Bertz CT molecular complexity index is 651. The first kappa shape index (κ1) is 14.1. The summed E-state index contributed by atoms with van der Waals surface area (Å²) in [6.45, 7) is -2.38. The van der Waals surface area contributed by atoms with Crippen molar-refractivity contribution in [3.8, 4) is 11.5 Å². The van der Waals surface area contributed by atoms with Crippen LogP contribution in [0.4, 0.5) is 14.5 Å². The minimum Gasteiger partial charge on any atom is -0.482 e. The van der Waals surface area contributed by atoms with Gasteiger partial charge in [0.25, 0.3) is 0 Å². The maximum atomic E-state index is 12.5. The van der Waals surface area contributed by atoms with Crippen molar-refractivity contribution < 1.29 is 18.3 Å². The van der Waals surface area contributed by atoms with Gasteiger partial charge in [0.2, 0.25) is 0 Å². The molecule has 0 amide bonds. The Morgan fingerprint density at radius 3 is 2.86 bits per heavy atom. The quantitative estimate of drug-likeness (QED) is 0.872. The number of nitrogens with one attached hydrogen (secondary N) is 1. The van der Waals surface area contributed by atoms with Crippen LogP contribution in [0.25, 0.3) is 0 Å². The summed E-state index contributed by atoms with van der Waals surface area (Å²) in [7, 11) is 0. The fraction of sp³-hybridized carbons (Fsp3) is 0.200. The van der Waals surface area contributed by atoms with Crippen molar-refractivity contribution >= 4 is 21.6 Å². The van der Waals surface area contributed by atoms with Gasteiger partial charge in [0.05, 0.1) is 12.2 Å². The molecule has 0 aliphatic carbocycles. The van der Waals surface area contributed by atoms with Crippen LogP contribution in [0.15, 0.2) is 46.9 Å². The zero-order chi connectivity index (χ0) is 14.8. The normalized spacial score (nSPS) is 16.9. The lowest BCUT2D eigenvalue weighted by molar-refractivity contribution is -0.0513. The van der Waals surface area contributed by atoms with E-state index in [2.05, 4.69) is 26.0 Å². The van der Waals surface area contributed by atoms with E-state index < -0.39 is 6.61 Å². The summed E-state index contributed by atoms with van der Waals surface area (Å²) < 4.78 is 36.3. The molecule has 0 saturated heterocycles. The van der Waals surface area contributed by atoms with E-state index in [-0.39, 0.29) is 11.9 Å². The van der Waals surface area contributed by atoms with Gasteiger partial charge in [0, 0.05) is 10.0 Å². The molecule has 1 N–H and O–H groups in total. The van der Waals surface area contributed by atoms with Crippen LogP contribution in [-0.4, -0.2) is 13.2 Å². The molecule has 3 nitrogen and oxygen atoms in total. The third kappa shape index (κ3) is 3.10. The monoisotopic (exact) mass is 355 g/mol. The summed E-state index contributed by atoms with van der Waals surface area (Å²) >= 11 is 3.39. The maximum Gasteiger partial charge on any atom is 0.387 e. The van der Waals surface area contributed by atoms with Crippen LogP contribution in [0.5, 0.6) is 11.5 Å². The predicted molar refractivity (Wildman–Crippen MR) is 79.1 cm³/mol. The number of hydrogen-bond donors (Lipinski definition) is 1. The van der Waals surface area contributed by atoms with Gasteiger partial charge in [-0.3, -0.25) is 0 Å². The molecular weight excluding hydrogens is 344 g/mol. The van der Waals surface area contributed by atoms with Crippen LogP contribution in [0.1, 0.15) is 11.7 Å². The highest BCUT2D eigenvalue weighted by atomic mass is 79.9. The summed E-state index contributed by atoms with van der Waals surface area (Å²) in [5.41, 5.74) is 1.46. The van der Waals surface area contributed by atoms with Gasteiger partial charge in [0.1, 0.15) is 17.6 Å². The number of fused-ring (bicyclic) bond motifs is 1. The van der Waals surface area contributed by atoms with Crippen LogP contribution in [-0.2, 0) is 0 Å². The van der Waals surface area contributed by atoms with Gasteiger partial charge in [-0.1, -0.05) is 34.1 Å².